The average molecular weight is 357 g/mol. The number of ether oxygens (including phenoxy) is 2. The minimum Gasteiger partial charge on any atom is -0.494 e. The van der Waals surface area contributed by atoms with Gasteiger partial charge in [-0.05, 0) is 37.0 Å². The lowest BCUT2D eigenvalue weighted by molar-refractivity contribution is -0.126. The van der Waals surface area contributed by atoms with Crippen LogP contribution in [-0.2, 0) is 9.53 Å². The van der Waals surface area contributed by atoms with Crippen molar-refractivity contribution >= 4 is 18.3 Å². The molecule has 6 heteroatoms. The van der Waals surface area contributed by atoms with E-state index in [4.69, 9.17) is 9.47 Å². The van der Waals surface area contributed by atoms with Crippen LogP contribution in [0, 0.1) is 5.92 Å². The first-order valence-corrected chi connectivity index (χ1v) is 8.40. The Morgan fingerprint density at radius 3 is 2.62 bits per heavy atom. The summed E-state index contributed by atoms with van der Waals surface area (Å²) in [5.41, 5.74) is 1.06. The first-order chi connectivity index (χ1) is 11.1. The first kappa shape index (κ1) is 20.7. The second-order valence-corrected chi connectivity index (χ2v) is 6.41. The van der Waals surface area contributed by atoms with Crippen LogP contribution in [0.3, 0.4) is 0 Å². The highest BCUT2D eigenvalue weighted by Crippen LogP contribution is 2.18. The van der Waals surface area contributed by atoms with Crippen molar-refractivity contribution in [3.8, 4) is 5.75 Å². The van der Waals surface area contributed by atoms with Crippen LogP contribution >= 0.6 is 12.4 Å². The predicted molar refractivity (Wildman–Crippen MR) is 97.8 cm³/mol. The van der Waals surface area contributed by atoms with E-state index in [1.165, 1.54) is 0 Å². The summed E-state index contributed by atoms with van der Waals surface area (Å²) in [4.78, 5) is 12.2. The van der Waals surface area contributed by atoms with Crippen molar-refractivity contribution in [3.63, 3.8) is 0 Å². The normalized spacial score (nSPS) is 18.6. The molecule has 1 saturated heterocycles. The summed E-state index contributed by atoms with van der Waals surface area (Å²) < 4.78 is 11.0. The van der Waals surface area contributed by atoms with Gasteiger partial charge in [0, 0.05) is 6.54 Å². The number of hydrogen-bond donors (Lipinski definition) is 2. The highest BCUT2D eigenvalue weighted by molar-refractivity contribution is 5.85. The zero-order valence-electron chi connectivity index (χ0n) is 14.7. The van der Waals surface area contributed by atoms with Crippen molar-refractivity contribution in [1.29, 1.82) is 0 Å². The molecule has 0 radical (unpaired) electrons. The summed E-state index contributed by atoms with van der Waals surface area (Å²) in [6.07, 6.45) is 1.05. The molecule has 0 aromatic heterocycles. The van der Waals surface area contributed by atoms with Crippen LogP contribution in [0.4, 0.5) is 0 Å². The Labute approximate surface area is 150 Å². The van der Waals surface area contributed by atoms with E-state index in [-0.39, 0.29) is 30.4 Å². The van der Waals surface area contributed by atoms with Crippen LogP contribution in [0.5, 0.6) is 5.75 Å². The first-order valence-electron chi connectivity index (χ1n) is 8.40. The van der Waals surface area contributed by atoms with Crippen LogP contribution < -0.4 is 15.4 Å². The van der Waals surface area contributed by atoms with Gasteiger partial charge in [0.1, 0.15) is 11.8 Å². The lowest BCUT2D eigenvalue weighted by Gasteiger charge is -2.25. The molecule has 1 fully saturated rings. The van der Waals surface area contributed by atoms with Gasteiger partial charge < -0.3 is 20.1 Å². The maximum Gasteiger partial charge on any atom is 0.240 e. The maximum atomic E-state index is 12.2. The van der Waals surface area contributed by atoms with E-state index in [9.17, 15) is 4.79 Å². The Kier molecular flexibility index (Phi) is 9.11. The molecule has 5 nitrogen and oxygen atoms in total. The van der Waals surface area contributed by atoms with Gasteiger partial charge in [-0.1, -0.05) is 26.0 Å². The summed E-state index contributed by atoms with van der Waals surface area (Å²) in [7, 11) is 0. The number of carbonyl (C=O) groups excluding carboxylic acids is 1. The molecule has 24 heavy (non-hydrogen) atoms. The fraction of sp³-hybridized carbons (Fsp3) is 0.611. The number of carbonyl (C=O) groups is 1. The monoisotopic (exact) mass is 356 g/mol. The zero-order valence-corrected chi connectivity index (χ0v) is 15.5. The van der Waals surface area contributed by atoms with E-state index in [2.05, 4.69) is 24.5 Å². The molecule has 0 bridgehead atoms. The Morgan fingerprint density at radius 2 is 2.04 bits per heavy atom. The number of benzene rings is 1. The molecule has 2 unspecified atom stereocenters. The lowest BCUT2D eigenvalue weighted by atomic mass is 10.1. The Bertz CT molecular complexity index is 488. The van der Waals surface area contributed by atoms with Crippen molar-refractivity contribution in [2.75, 3.05) is 26.4 Å². The number of morpholine rings is 1. The van der Waals surface area contributed by atoms with E-state index >= 15 is 0 Å². The number of rotatable bonds is 7. The summed E-state index contributed by atoms with van der Waals surface area (Å²) in [6, 6.07) is 7.61. The van der Waals surface area contributed by atoms with Crippen LogP contribution in [0.1, 0.15) is 38.8 Å². The fourth-order valence-corrected chi connectivity index (χ4v) is 2.40. The maximum absolute atomic E-state index is 12.2. The number of halogens is 1. The number of amides is 1. The molecule has 136 valence electrons. The molecule has 2 atom stereocenters. The van der Waals surface area contributed by atoms with Crippen molar-refractivity contribution in [2.45, 2.75) is 39.3 Å². The summed E-state index contributed by atoms with van der Waals surface area (Å²) >= 11 is 0. The van der Waals surface area contributed by atoms with E-state index in [1.54, 1.807) is 0 Å². The molecule has 0 spiro atoms. The van der Waals surface area contributed by atoms with Gasteiger partial charge in [-0.25, -0.2) is 0 Å². The van der Waals surface area contributed by atoms with Gasteiger partial charge in [-0.3, -0.25) is 4.79 Å². The molecular weight excluding hydrogens is 328 g/mol. The SMILES string of the molecule is CC(C)CCOc1ccc(C(C)NC(=O)C2COCCN2)cc1.Cl. The Morgan fingerprint density at radius 1 is 1.33 bits per heavy atom. The van der Waals surface area contributed by atoms with Gasteiger partial charge in [-0.15, -0.1) is 12.4 Å². The number of hydrogen-bond acceptors (Lipinski definition) is 4. The van der Waals surface area contributed by atoms with Crippen LogP contribution in [0.25, 0.3) is 0 Å². The standard InChI is InChI=1S/C18H28N2O3.ClH/c1-13(2)8-10-23-16-6-4-15(5-7-16)14(3)20-18(21)17-12-22-11-9-19-17;/h4-7,13-14,17,19H,8-12H2,1-3H3,(H,20,21);1H. The average Bonchev–Trinajstić information content (AvgIpc) is 2.56. The molecule has 2 rings (SSSR count). The molecule has 1 aromatic carbocycles. The lowest BCUT2D eigenvalue weighted by Crippen LogP contribution is -2.51. The molecule has 1 aromatic rings. The quantitative estimate of drug-likeness (QED) is 0.788. The predicted octanol–water partition coefficient (Wildman–Crippen LogP) is 2.70. The smallest absolute Gasteiger partial charge is 0.240 e. The van der Waals surface area contributed by atoms with Gasteiger partial charge in [0.25, 0.3) is 0 Å². The van der Waals surface area contributed by atoms with Crippen molar-refractivity contribution in [3.05, 3.63) is 29.8 Å². The van der Waals surface area contributed by atoms with Crippen molar-refractivity contribution < 1.29 is 14.3 Å². The van der Waals surface area contributed by atoms with Crippen molar-refractivity contribution in [1.82, 2.24) is 10.6 Å². The minimum atomic E-state index is -0.259. The molecule has 1 aliphatic rings. The molecule has 1 amide bonds. The topological polar surface area (TPSA) is 59.6 Å². The summed E-state index contributed by atoms with van der Waals surface area (Å²) in [6.45, 7) is 8.90. The van der Waals surface area contributed by atoms with E-state index < -0.39 is 0 Å². The fourth-order valence-electron chi connectivity index (χ4n) is 2.40. The Hall–Kier alpha value is -1.30. The molecular formula is C18H29ClN2O3. The van der Waals surface area contributed by atoms with E-state index in [0.717, 1.165) is 30.9 Å². The third-order valence-corrected chi connectivity index (χ3v) is 3.94. The third-order valence-electron chi connectivity index (χ3n) is 3.94. The van der Waals surface area contributed by atoms with Gasteiger partial charge in [-0.2, -0.15) is 0 Å². The second kappa shape index (κ2) is 10.5. The minimum absolute atomic E-state index is 0. The van der Waals surface area contributed by atoms with Crippen molar-refractivity contribution in [2.24, 2.45) is 5.92 Å². The largest absolute Gasteiger partial charge is 0.494 e. The molecule has 0 saturated carbocycles. The highest BCUT2D eigenvalue weighted by atomic mass is 35.5. The molecule has 0 aliphatic carbocycles. The summed E-state index contributed by atoms with van der Waals surface area (Å²) in [5.74, 6) is 1.49. The number of nitrogens with one attached hydrogen (secondary N) is 2. The van der Waals surface area contributed by atoms with Crippen LogP contribution in [0.15, 0.2) is 24.3 Å². The molecule has 1 aliphatic heterocycles. The van der Waals surface area contributed by atoms with Gasteiger partial charge in [0.15, 0.2) is 0 Å². The van der Waals surface area contributed by atoms with E-state index in [0.29, 0.717) is 19.1 Å². The van der Waals surface area contributed by atoms with Crippen LogP contribution in [0.2, 0.25) is 0 Å². The highest BCUT2D eigenvalue weighted by Gasteiger charge is 2.22. The summed E-state index contributed by atoms with van der Waals surface area (Å²) in [5, 5.41) is 6.18. The molecule has 2 N–H and O–H groups in total. The van der Waals surface area contributed by atoms with Gasteiger partial charge >= 0.3 is 0 Å². The third kappa shape index (κ3) is 6.67. The van der Waals surface area contributed by atoms with E-state index in [1.807, 2.05) is 31.2 Å². The van der Waals surface area contributed by atoms with Crippen LogP contribution in [-0.4, -0.2) is 38.3 Å². The van der Waals surface area contributed by atoms with Gasteiger partial charge in [0.05, 0.1) is 25.9 Å². The van der Waals surface area contributed by atoms with Gasteiger partial charge in [0.2, 0.25) is 5.91 Å². The Balaban J connectivity index is 0.00000288. The molecule has 1 heterocycles. The second-order valence-electron chi connectivity index (χ2n) is 6.41. The zero-order chi connectivity index (χ0) is 16.7.